The summed E-state index contributed by atoms with van der Waals surface area (Å²) in [5.74, 6) is 0.247. The Hall–Kier alpha value is -2.88. The van der Waals surface area contributed by atoms with E-state index in [9.17, 15) is 18.0 Å². The molecule has 3 aromatic heterocycles. The van der Waals surface area contributed by atoms with Crippen LogP contribution in [-0.4, -0.2) is 31.1 Å². The van der Waals surface area contributed by atoms with Gasteiger partial charge in [0.25, 0.3) is 5.91 Å². The lowest BCUT2D eigenvalue weighted by Gasteiger charge is -2.17. The molecule has 1 fully saturated rings. The Bertz CT molecular complexity index is 1030. The zero-order valence-corrected chi connectivity index (χ0v) is 17.0. The maximum atomic E-state index is 12.8. The van der Waals surface area contributed by atoms with Crippen LogP contribution in [0, 0.1) is 6.92 Å². The summed E-state index contributed by atoms with van der Waals surface area (Å²) in [4.78, 5) is 23.3. The number of carbonyl (C=O) groups excluding carboxylic acids is 1. The van der Waals surface area contributed by atoms with Crippen LogP contribution in [0.2, 0.25) is 0 Å². The monoisotopic (exact) mass is 440 g/mol. The van der Waals surface area contributed by atoms with Crippen LogP contribution in [0.3, 0.4) is 0 Å². The van der Waals surface area contributed by atoms with Gasteiger partial charge in [0.15, 0.2) is 0 Å². The molecule has 1 amide bonds. The van der Waals surface area contributed by atoms with Gasteiger partial charge in [-0.3, -0.25) is 14.9 Å². The molecule has 30 heavy (non-hydrogen) atoms. The van der Waals surface area contributed by atoms with Gasteiger partial charge in [0.2, 0.25) is 0 Å². The first-order chi connectivity index (χ1) is 13.7. The number of carbonyl (C=O) groups is 1. The van der Waals surface area contributed by atoms with Gasteiger partial charge in [-0.1, -0.05) is 6.07 Å². The van der Waals surface area contributed by atoms with Gasteiger partial charge in [-0.2, -0.15) is 18.3 Å². The van der Waals surface area contributed by atoms with Crippen molar-refractivity contribution >= 4 is 18.3 Å². The highest BCUT2D eigenvalue weighted by atomic mass is 35.5. The van der Waals surface area contributed by atoms with Gasteiger partial charge in [-0.15, -0.1) is 12.4 Å². The molecule has 1 aliphatic rings. The van der Waals surface area contributed by atoms with Crippen molar-refractivity contribution in [1.82, 2.24) is 30.5 Å². The van der Waals surface area contributed by atoms with Crippen LogP contribution >= 0.6 is 12.4 Å². The number of alkyl halides is 3. The van der Waals surface area contributed by atoms with Gasteiger partial charge in [-0.05, 0) is 49.4 Å². The minimum Gasteiger partial charge on any atom is -0.357 e. The van der Waals surface area contributed by atoms with Crippen LogP contribution in [-0.2, 0) is 11.6 Å². The van der Waals surface area contributed by atoms with Crippen LogP contribution in [0.4, 0.5) is 13.2 Å². The standard InChI is InChI=1S/C19H19F3N6O.ClH/c1-10-13(8-24-15(10)17(29)27-11(2)16-25-9-26-28-16)18(5-6-18)12-3-4-14(23-7-12)19(20,21)22;/h3-4,7-9,11,24H,5-6H2,1-2H3,(H,27,29)(H,25,26,28);1H. The molecule has 0 aromatic carbocycles. The molecule has 3 N–H and O–H groups in total. The predicted molar refractivity (Wildman–Crippen MR) is 104 cm³/mol. The van der Waals surface area contributed by atoms with Gasteiger partial charge in [-0.25, -0.2) is 4.98 Å². The summed E-state index contributed by atoms with van der Waals surface area (Å²) in [5.41, 5.74) is 1.48. The fourth-order valence-corrected chi connectivity index (χ4v) is 3.67. The van der Waals surface area contributed by atoms with Crippen molar-refractivity contribution in [3.63, 3.8) is 0 Å². The van der Waals surface area contributed by atoms with Crippen LogP contribution in [0.15, 0.2) is 30.9 Å². The summed E-state index contributed by atoms with van der Waals surface area (Å²) < 4.78 is 38.4. The van der Waals surface area contributed by atoms with E-state index < -0.39 is 17.3 Å². The Morgan fingerprint density at radius 1 is 1.27 bits per heavy atom. The average Bonchev–Trinajstić information content (AvgIpc) is 3.11. The van der Waals surface area contributed by atoms with Gasteiger partial charge < -0.3 is 10.3 Å². The van der Waals surface area contributed by atoms with Crippen molar-refractivity contribution < 1.29 is 18.0 Å². The number of amides is 1. The lowest BCUT2D eigenvalue weighted by atomic mass is 9.88. The zero-order chi connectivity index (χ0) is 20.8. The molecule has 1 atom stereocenters. The molecule has 0 aliphatic heterocycles. The summed E-state index contributed by atoms with van der Waals surface area (Å²) in [6, 6.07) is 2.12. The SMILES string of the molecule is Cc1c(C2(c3ccc(C(F)(F)F)nc3)CC2)c[nH]c1C(=O)NC(C)c1ncn[nH]1.Cl. The van der Waals surface area contributed by atoms with E-state index in [0.717, 1.165) is 35.6 Å². The number of hydrogen-bond acceptors (Lipinski definition) is 4. The van der Waals surface area contributed by atoms with Crippen molar-refractivity contribution in [3.05, 3.63) is 64.8 Å². The Morgan fingerprint density at radius 3 is 2.53 bits per heavy atom. The first-order valence-electron chi connectivity index (χ1n) is 9.11. The van der Waals surface area contributed by atoms with Crippen molar-refractivity contribution in [2.45, 2.75) is 44.3 Å². The summed E-state index contributed by atoms with van der Waals surface area (Å²) in [6.07, 6.45) is 1.51. The third-order valence-corrected chi connectivity index (χ3v) is 5.43. The summed E-state index contributed by atoms with van der Waals surface area (Å²) in [6.45, 7) is 3.62. The highest BCUT2D eigenvalue weighted by Crippen LogP contribution is 2.54. The molecule has 3 heterocycles. The molecule has 160 valence electrons. The summed E-state index contributed by atoms with van der Waals surface area (Å²) in [5, 5.41) is 9.33. The van der Waals surface area contributed by atoms with Gasteiger partial charge in [0.05, 0.1) is 6.04 Å². The largest absolute Gasteiger partial charge is 0.433 e. The fraction of sp³-hybridized carbons (Fsp3) is 0.368. The molecule has 1 aliphatic carbocycles. The van der Waals surface area contributed by atoms with E-state index in [-0.39, 0.29) is 24.4 Å². The third kappa shape index (κ3) is 3.79. The number of pyridine rings is 1. The molecule has 1 saturated carbocycles. The highest BCUT2D eigenvalue weighted by molar-refractivity contribution is 5.94. The number of H-pyrrole nitrogens is 2. The van der Waals surface area contributed by atoms with Crippen LogP contribution in [0.5, 0.6) is 0 Å². The lowest BCUT2D eigenvalue weighted by molar-refractivity contribution is -0.141. The van der Waals surface area contributed by atoms with E-state index in [1.807, 2.05) is 6.92 Å². The molecule has 1 unspecified atom stereocenters. The molecule has 0 bridgehead atoms. The molecule has 4 rings (SSSR count). The van der Waals surface area contributed by atoms with Crippen molar-refractivity contribution in [3.8, 4) is 0 Å². The first-order valence-corrected chi connectivity index (χ1v) is 9.11. The topological polar surface area (TPSA) is 99.3 Å². The second-order valence-corrected chi connectivity index (χ2v) is 7.28. The van der Waals surface area contributed by atoms with E-state index >= 15 is 0 Å². The Labute approximate surface area is 176 Å². The lowest BCUT2D eigenvalue weighted by Crippen LogP contribution is -2.28. The van der Waals surface area contributed by atoms with Crippen LogP contribution in [0.1, 0.15) is 64.5 Å². The van der Waals surface area contributed by atoms with E-state index in [2.05, 4.69) is 30.5 Å². The highest BCUT2D eigenvalue weighted by Gasteiger charge is 2.48. The van der Waals surface area contributed by atoms with E-state index in [0.29, 0.717) is 11.5 Å². The second kappa shape index (κ2) is 7.75. The van der Waals surface area contributed by atoms with Crippen molar-refractivity contribution in [1.29, 1.82) is 0 Å². The van der Waals surface area contributed by atoms with Crippen LogP contribution in [0.25, 0.3) is 0 Å². The van der Waals surface area contributed by atoms with E-state index in [4.69, 9.17) is 0 Å². The Morgan fingerprint density at radius 2 is 2.00 bits per heavy atom. The number of halogens is 4. The van der Waals surface area contributed by atoms with Crippen molar-refractivity contribution in [2.24, 2.45) is 0 Å². The number of rotatable bonds is 5. The smallest absolute Gasteiger partial charge is 0.357 e. The van der Waals surface area contributed by atoms with Gasteiger partial charge in [0.1, 0.15) is 23.5 Å². The molecule has 0 radical (unpaired) electrons. The first kappa shape index (κ1) is 21.8. The molecule has 3 aromatic rings. The maximum absolute atomic E-state index is 12.8. The normalized spacial score (nSPS) is 15.9. The molecule has 7 nitrogen and oxygen atoms in total. The molecular weight excluding hydrogens is 421 g/mol. The summed E-state index contributed by atoms with van der Waals surface area (Å²) in [7, 11) is 0. The average molecular weight is 441 g/mol. The fourth-order valence-electron chi connectivity index (χ4n) is 3.67. The molecular formula is C19H20ClF3N6O. The maximum Gasteiger partial charge on any atom is 0.433 e. The number of nitrogens with zero attached hydrogens (tertiary/aromatic N) is 3. The Balaban J connectivity index is 0.00000256. The molecule has 0 saturated heterocycles. The quantitative estimate of drug-likeness (QED) is 0.561. The summed E-state index contributed by atoms with van der Waals surface area (Å²) >= 11 is 0. The predicted octanol–water partition coefficient (Wildman–Crippen LogP) is 3.85. The minimum absolute atomic E-state index is 0. The number of aromatic nitrogens is 5. The van der Waals surface area contributed by atoms with Gasteiger partial charge in [0, 0.05) is 17.8 Å². The van der Waals surface area contributed by atoms with E-state index in [1.165, 1.54) is 18.6 Å². The minimum atomic E-state index is -4.47. The number of hydrogen-bond donors (Lipinski definition) is 3. The second-order valence-electron chi connectivity index (χ2n) is 7.28. The zero-order valence-electron chi connectivity index (χ0n) is 16.2. The van der Waals surface area contributed by atoms with E-state index in [1.54, 1.807) is 13.1 Å². The van der Waals surface area contributed by atoms with Crippen molar-refractivity contribution in [2.75, 3.05) is 0 Å². The molecule has 0 spiro atoms. The Kier molecular flexibility index (Phi) is 5.64. The number of aromatic amines is 2. The third-order valence-electron chi connectivity index (χ3n) is 5.43. The number of nitrogens with one attached hydrogen (secondary N) is 3. The van der Waals surface area contributed by atoms with Gasteiger partial charge >= 0.3 is 6.18 Å². The molecule has 11 heteroatoms. The van der Waals surface area contributed by atoms with Crippen LogP contribution < -0.4 is 5.32 Å².